The number of carbonyl (C=O) groups is 3. The molecule has 0 saturated heterocycles. The van der Waals surface area contributed by atoms with Crippen LogP contribution in [0.15, 0.2) is 48.5 Å². The quantitative estimate of drug-likeness (QED) is 0.215. The minimum Gasteiger partial charge on any atom is -0.468 e. The molecule has 0 aliphatic rings. The normalized spacial score (nSPS) is 12.6. The van der Waals surface area contributed by atoms with Crippen molar-refractivity contribution in [2.45, 2.75) is 33.1 Å². The molecule has 0 bridgehead atoms. The van der Waals surface area contributed by atoms with Gasteiger partial charge in [-0.2, -0.15) is 0 Å². The molecule has 6 nitrogen and oxygen atoms in total. The van der Waals surface area contributed by atoms with Crippen molar-refractivity contribution in [1.82, 2.24) is 0 Å². The van der Waals surface area contributed by atoms with Crippen LogP contribution in [0.2, 0.25) is 0 Å². The van der Waals surface area contributed by atoms with E-state index in [0.717, 1.165) is 18.4 Å². The Hall–Kier alpha value is -2.99. The fourth-order valence-electron chi connectivity index (χ4n) is 3.15. The van der Waals surface area contributed by atoms with E-state index in [-0.39, 0.29) is 19.0 Å². The molecule has 1 unspecified atom stereocenters. The molecule has 6 heteroatoms. The molecule has 2 rings (SSSR count). The van der Waals surface area contributed by atoms with Crippen LogP contribution in [-0.4, -0.2) is 38.5 Å². The summed E-state index contributed by atoms with van der Waals surface area (Å²) in [6, 6.07) is 13.7. The van der Waals surface area contributed by atoms with Crippen molar-refractivity contribution in [3.63, 3.8) is 0 Å². The third-order valence-corrected chi connectivity index (χ3v) is 5.23. The Morgan fingerprint density at radius 2 is 1.52 bits per heavy atom. The van der Waals surface area contributed by atoms with Gasteiger partial charge >= 0.3 is 5.97 Å². The van der Waals surface area contributed by atoms with Crippen molar-refractivity contribution >= 4 is 17.5 Å². The molecule has 0 fully saturated rings. The van der Waals surface area contributed by atoms with Crippen LogP contribution in [0.1, 0.15) is 53.0 Å². The zero-order valence-corrected chi connectivity index (χ0v) is 18.6. The number of methoxy groups -OCH3 is 2. The first-order valence-electron chi connectivity index (χ1n) is 10.4. The predicted octanol–water partition coefficient (Wildman–Crippen LogP) is 4.50. The SMILES string of the molecule is CC[C@H](C)Cc1ccc(C(=O)C(CC(=O)c2ccc(OCOC)cc2)C(=O)OC)cc1. The Labute approximate surface area is 183 Å². The first kappa shape index (κ1) is 24.3. The highest BCUT2D eigenvalue weighted by molar-refractivity contribution is 6.12. The summed E-state index contributed by atoms with van der Waals surface area (Å²) >= 11 is 0. The van der Waals surface area contributed by atoms with Gasteiger partial charge in [-0.3, -0.25) is 14.4 Å². The van der Waals surface area contributed by atoms with E-state index in [4.69, 9.17) is 14.2 Å². The van der Waals surface area contributed by atoms with Crippen LogP contribution in [0.3, 0.4) is 0 Å². The molecule has 2 aromatic carbocycles. The monoisotopic (exact) mass is 426 g/mol. The summed E-state index contributed by atoms with van der Waals surface area (Å²) in [5, 5.41) is 0. The van der Waals surface area contributed by atoms with E-state index in [9.17, 15) is 14.4 Å². The van der Waals surface area contributed by atoms with Crippen LogP contribution in [0.5, 0.6) is 5.75 Å². The fraction of sp³-hybridized carbons (Fsp3) is 0.400. The Morgan fingerprint density at radius 3 is 2.06 bits per heavy atom. The summed E-state index contributed by atoms with van der Waals surface area (Å²) < 4.78 is 14.9. The lowest BCUT2D eigenvalue weighted by atomic mass is 9.90. The highest BCUT2D eigenvalue weighted by atomic mass is 16.7. The van der Waals surface area contributed by atoms with E-state index in [2.05, 4.69) is 13.8 Å². The van der Waals surface area contributed by atoms with Crippen molar-refractivity contribution in [3.05, 3.63) is 65.2 Å². The molecule has 0 aliphatic carbocycles. The molecule has 2 atom stereocenters. The first-order chi connectivity index (χ1) is 14.9. The van der Waals surface area contributed by atoms with E-state index in [0.29, 0.717) is 22.8 Å². The molecule has 0 aliphatic heterocycles. The van der Waals surface area contributed by atoms with Gasteiger partial charge in [0.1, 0.15) is 11.7 Å². The first-order valence-corrected chi connectivity index (χ1v) is 10.4. The third-order valence-electron chi connectivity index (χ3n) is 5.23. The molecule has 166 valence electrons. The molecule has 0 amide bonds. The van der Waals surface area contributed by atoms with Gasteiger partial charge in [-0.05, 0) is 42.2 Å². The second kappa shape index (κ2) is 12.0. The second-order valence-corrected chi connectivity index (χ2v) is 7.56. The highest BCUT2D eigenvalue weighted by Gasteiger charge is 2.31. The summed E-state index contributed by atoms with van der Waals surface area (Å²) in [6.45, 7) is 4.41. The summed E-state index contributed by atoms with van der Waals surface area (Å²) in [7, 11) is 2.73. The number of hydrogen-bond donors (Lipinski definition) is 0. The van der Waals surface area contributed by atoms with Crippen molar-refractivity contribution in [2.75, 3.05) is 21.0 Å². The number of benzene rings is 2. The highest BCUT2D eigenvalue weighted by Crippen LogP contribution is 2.21. The van der Waals surface area contributed by atoms with E-state index in [1.807, 2.05) is 12.1 Å². The standard InChI is InChI=1S/C25H30O6/c1-5-17(2)14-18-6-8-20(9-7-18)24(27)22(25(28)30-4)15-23(26)19-10-12-21(13-11-19)31-16-29-3/h6-13,17,22H,5,14-16H2,1-4H3/t17-,22?/m0/s1. The Balaban J connectivity index is 2.13. The number of esters is 1. The van der Waals surface area contributed by atoms with Crippen molar-refractivity contribution in [1.29, 1.82) is 0 Å². The molecule has 0 N–H and O–H groups in total. The average molecular weight is 427 g/mol. The maximum absolute atomic E-state index is 13.0. The van der Waals surface area contributed by atoms with E-state index in [1.54, 1.807) is 36.4 Å². The number of hydrogen-bond acceptors (Lipinski definition) is 6. The molecule has 0 saturated carbocycles. The van der Waals surface area contributed by atoms with Gasteiger partial charge in [0.25, 0.3) is 0 Å². The molecule has 0 heterocycles. The minimum atomic E-state index is -1.19. The van der Waals surface area contributed by atoms with Gasteiger partial charge in [0, 0.05) is 24.7 Å². The van der Waals surface area contributed by atoms with E-state index >= 15 is 0 Å². The smallest absolute Gasteiger partial charge is 0.317 e. The van der Waals surface area contributed by atoms with Gasteiger partial charge in [-0.1, -0.05) is 44.5 Å². The van der Waals surface area contributed by atoms with Crippen molar-refractivity contribution in [3.8, 4) is 5.75 Å². The van der Waals surface area contributed by atoms with Crippen LogP contribution >= 0.6 is 0 Å². The Kier molecular flexibility index (Phi) is 9.40. The summed E-state index contributed by atoms with van der Waals surface area (Å²) in [6.07, 6.45) is 1.74. The minimum absolute atomic E-state index is 0.0996. The molecule has 31 heavy (non-hydrogen) atoms. The van der Waals surface area contributed by atoms with E-state index in [1.165, 1.54) is 14.2 Å². The largest absolute Gasteiger partial charge is 0.468 e. The van der Waals surface area contributed by atoms with Gasteiger partial charge in [0.2, 0.25) is 0 Å². The molecule has 2 aromatic rings. The summed E-state index contributed by atoms with van der Waals surface area (Å²) in [5.74, 6) is -1.56. The van der Waals surface area contributed by atoms with Gasteiger partial charge < -0.3 is 14.2 Å². The van der Waals surface area contributed by atoms with Gasteiger partial charge in [-0.25, -0.2) is 0 Å². The van der Waals surface area contributed by atoms with E-state index < -0.39 is 17.7 Å². The lowest BCUT2D eigenvalue weighted by molar-refractivity contribution is -0.143. The summed E-state index contributed by atoms with van der Waals surface area (Å²) in [5.41, 5.74) is 1.90. The lowest BCUT2D eigenvalue weighted by Gasteiger charge is -2.14. The van der Waals surface area contributed by atoms with Crippen molar-refractivity contribution < 1.29 is 28.6 Å². The molecule has 0 aromatic heterocycles. The van der Waals surface area contributed by atoms with Crippen LogP contribution < -0.4 is 4.74 Å². The number of carbonyl (C=O) groups excluding carboxylic acids is 3. The predicted molar refractivity (Wildman–Crippen MR) is 117 cm³/mol. The van der Waals surface area contributed by atoms with Crippen molar-refractivity contribution in [2.24, 2.45) is 11.8 Å². The van der Waals surface area contributed by atoms with Crippen LogP contribution in [-0.2, 0) is 20.7 Å². The van der Waals surface area contributed by atoms with Crippen LogP contribution in [0.4, 0.5) is 0 Å². The zero-order valence-electron chi connectivity index (χ0n) is 18.6. The average Bonchev–Trinajstić information content (AvgIpc) is 2.80. The lowest BCUT2D eigenvalue weighted by Crippen LogP contribution is -2.28. The molecule has 0 spiro atoms. The van der Waals surface area contributed by atoms with Gasteiger partial charge in [0.05, 0.1) is 7.11 Å². The maximum atomic E-state index is 13.0. The van der Waals surface area contributed by atoms with Gasteiger partial charge in [-0.15, -0.1) is 0 Å². The molecular weight excluding hydrogens is 396 g/mol. The van der Waals surface area contributed by atoms with Crippen LogP contribution in [0.25, 0.3) is 0 Å². The topological polar surface area (TPSA) is 78.9 Å². The number of Topliss-reactive ketones (excluding diaryl/α,β-unsaturated/α-hetero) is 2. The molecule has 0 radical (unpaired) electrons. The number of ketones is 2. The Morgan fingerprint density at radius 1 is 0.903 bits per heavy atom. The second-order valence-electron chi connectivity index (χ2n) is 7.56. The van der Waals surface area contributed by atoms with Crippen LogP contribution in [0, 0.1) is 11.8 Å². The third kappa shape index (κ3) is 7.03. The summed E-state index contributed by atoms with van der Waals surface area (Å²) in [4.78, 5) is 38.0. The number of rotatable bonds is 12. The zero-order chi connectivity index (χ0) is 22.8. The number of ether oxygens (including phenoxy) is 3. The molecular formula is C25H30O6. The Bertz CT molecular complexity index is 870. The maximum Gasteiger partial charge on any atom is 0.317 e. The fourth-order valence-corrected chi connectivity index (χ4v) is 3.15. The van der Waals surface area contributed by atoms with Gasteiger partial charge in [0.15, 0.2) is 18.4 Å².